The molecule has 2 heterocycles. The van der Waals surface area contributed by atoms with Gasteiger partial charge in [0.15, 0.2) is 5.78 Å². The van der Waals surface area contributed by atoms with Gasteiger partial charge in [0.1, 0.15) is 0 Å². The van der Waals surface area contributed by atoms with Gasteiger partial charge >= 0.3 is 0 Å². The molecule has 1 aromatic carbocycles. The van der Waals surface area contributed by atoms with Gasteiger partial charge in [-0.3, -0.25) is 14.5 Å². The molecule has 0 bridgehead atoms. The number of amides is 1. The highest BCUT2D eigenvalue weighted by atomic mass is 32.1. The average Bonchev–Trinajstić information content (AvgIpc) is 3.26. The van der Waals surface area contributed by atoms with Gasteiger partial charge in [0, 0.05) is 22.9 Å². The summed E-state index contributed by atoms with van der Waals surface area (Å²) in [6, 6.07) is 12.1. The summed E-state index contributed by atoms with van der Waals surface area (Å²) in [4.78, 5) is 28.9. The number of thiophene rings is 1. The predicted octanol–water partition coefficient (Wildman–Crippen LogP) is 4.59. The second-order valence-corrected chi connectivity index (χ2v) is 9.80. The van der Waals surface area contributed by atoms with Crippen molar-refractivity contribution in [2.75, 3.05) is 19.6 Å². The fourth-order valence-electron chi connectivity index (χ4n) is 4.14. The number of Topliss-reactive ketones (excluding diaryl/α,β-unsaturated/α-hetero) is 1. The van der Waals surface area contributed by atoms with Crippen LogP contribution in [0.2, 0.25) is 0 Å². The standard InChI is InChI=1S/C25H34N2O2S/c1-18(2)17-20-6-8-21(9-7-20)24(28)22-11-14-27(15-12-22)19(3)25(29)26-13-10-23-5-4-16-30-23/h4-9,16,18-19,22H,10-15,17H2,1-3H3,(H,26,29). The zero-order valence-corrected chi connectivity index (χ0v) is 19.2. The summed E-state index contributed by atoms with van der Waals surface area (Å²) >= 11 is 1.72. The van der Waals surface area contributed by atoms with Crippen molar-refractivity contribution in [3.05, 3.63) is 57.8 Å². The van der Waals surface area contributed by atoms with Gasteiger partial charge in [-0.1, -0.05) is 44.2 Å². The SMILES string of the molecule is CC(C)Cc1ccc(C(=O)C2CCN(C(C)C(=O)NCCc3cccs3)CC2)cc1. The van der Waals surface area contributed by atoms with E-state index in [4.69, 9.17) is 0 Å². The molecule has 1 unspecified atom stereocenters. The zero-order chi connectivity index (χ0) is 21.5. The first-order valence-electron chi connectivity index (χ1n) is 11.1. The van der Waals surface area contributed by atoms with E-state index >= 15 is 0 Å². The quantitative estimate of drug-likeness (QED) is 0.597. The number of nitrogens with one attached hydrogen (secondary N) is 1. The van der Waals surface area contributed by atoms with Gasteiger partial charge in [-0.2, -0.15) is 0 Å². The topological polar surface area (TPSA) is 49.4 Å². The maximum Gasteiger partial charge on any atom is 0.237 e. The van der Waals surface area contributed by atoms with Crippen LogP contribution in [0.1, 0.15) is 54.4 Å². The van der Waals surface area contributed by atoms with E-state index in [-0.39, 0.29) is 23.7 Å². The van der Waals surface area contributed by atoms with Gasteiger partial charge in [-0.15, -0.1) is 11.3 Å². The van der Waals surface area contributed by atoms with Crippen LogP contribution >= 0.6 is 11.3 Å². The molecule has 1 aliphatic rings. The molecule has 162 valence electrons. The average molecular weight is 427 g/mol. The fraction of sp³-hybridized carbons (Fsp3) is 0.520. The number of likely N-dealkylation sites (tertiary alicyclic amines) is 1. The van der Waals surface area contributed by atoms with Crippen LogP contribution in [0.5, 0.6) is 0 Å². The van der Waals surface area contributed by atoms with Crippen LogP contribution in [0.3, 0.4) is 0 Å². The molecule has 5 heteroatoms. The molecule has 1 saturated heterocycles. The normalized spacial score (nSPS) is 16.5. The summed E-state index contributed by atoms with van der Waals surface area (Å²) in [5, 5.41) is 5.12. The summed E-state index contributed by atoms with van der Waals surface area (Å²) in [5.41, 5.74) is 2.11. The van der Waals surface area contributed by atoms with Crippen LogP contribution in [-0.4, -0.2) is 42.3 Å². The Morgan fingerprint density at radius 3 is 2.40 bits per heavy atom. The number of hydrogen-bond donors (Lipinski definition) is 1. The molecule has 4 nitrogen and oxygen atoms in total. The molecule has 0 spiro atoms. The molecular weight excluding hydrogens is 392 g/mol. The van der Waals surface area contributed by atoms with E-state index in [9.17, 15) is 9.59 Å². The van der Waals surface area contributed by atoms with Crippen LogP contribution < -0.4 is 5.32 Å². The van der Waals surface area contributed by atoms with E-state index < -0.39 is 0 Å². The molecule has 1 fully saturated rings. The number of carbonyl (C=O) groups is 2. The minimum absolute atomic E-state index is 0.0614. The van der Waals surface area contributed by atoms with Gasteiger partial charge in [-0.05, 0) is 68.6 Å². The van der Waals surface area contributed by atoms with Crippen molar-refractivity contribution in [2.45, 2.75) is 52.5 Å². The molecule has 1 amide bonds. The Labute approximate surface area is 184 Å². The van der Waals surface area contributed by atoms with Crippen molar-refractivity contribution in [2.24, 2.45) is 11.8 Å². The lowest BCUT2D eigenvalue weighted by molar-refractivity contribution is -0.126. The summed E-state index contributed by atoms with van der Waals surface area (Å²) in [5.74, 6) is 1.01. The number of carbonyl (C=O) groups excluding carboxylic acids is 2. The minimum atomic E-state index is -0.153. The van der Waals surface area contributed by atoms with E-state index in [1.807, 2.05) is 25.1 Å². The third kappa shape index (κ3) is 6.26. The molecule has 3 rings (SSSR count). The van der Waals surface area contributed by atoms with E-state index in [2.05, 4.69) is 47.6 Å². The summed E-state index contributed by atoms with van der Waals surface area (Å²) in [6.45, 7) is 8.64. The highest BCUT2D eigenvalue weighted by Gasteiger charge is 2.30. The molecular formula is C25H34N2O2S. The maximum atomic E-state index is 12.9. The smallest absolute Gasteiger partial charge is 0.237 e. The van der Waals surface area contributed by atoms with Gasteiger partial charge in [-0.25, -0.2) is 0 Å². The molecule has 30 heavy (non-hydrogen) atoms. The third-order valence-electron chi connectivity index (χ3n) is 5.96. The molecule has 1 N–H and O–H groups in total. The van der Waals surface area contributed by atoms with Crippen molar-refractivity contribution in [3.63, 3.8) is 0 Å². The molecule has 0 aliphatic carbocycles. The number of hydrogen-bond acceptors (Lipinski definition) is 4. The van der Waals surface area contributed by atoms with Crippen molar-refractivity contribution in [3.8, 4) is 0 Å². The van der Waals surface area contributed by atoms with Crippen LogP contribution in [-0.2, 0) is 17.6 Å². The van der Waals surface area contributed by atoms with Crippen molar-refractivity contribution < 1.29 is 9.59 Å². The largest absolute Gasteiger partial charge is 0.354 e. The maximum absolute atomic E-state index is 12.9. The van der Waals surface area contributed by atoms with Gasteiger partial charge in [0.05, 0.1) is 6.04 Å². The highest BCUT2D eigenvalue weighted by Crippen LogP contribution is 2.23. The van der Waals surface area contributed by atoms with E-state index in [1.165, 1.54) is 10.4 Å². The Kier molecular flexibility index (Phi) is 8.23. The molecule has 0 radical (unpaired) electrons. The van der Waals surface area contributed by atoms with Crippen molar-refractivity contribution in [1.82, 2.24) is 10.2 Å². The summed E-state index contributed by atoms with van der Waals surface area (Å²) in [6.07, 6.45) is 3.56. The van der Waals surface area contributed by atoms with E-state index in [1.54, 1.807) is 11.3 Å². The number of nitrogens with zero attached hydrogens (tertiary/aromatic N) is 1. The zero-order valence-electron chi connectivity index (χ0n) is 18.4. The lowest BCUT2D eigenvalue weighted by atomic mass is 9.88. The molecule has 1 aromatic heterocycles. The van der Waals surface area contributed by atoms with Crippen LogP contribution in [0.4, 0.5) is 0 Å². The fourth-order valence-corrected chi connectivity index (χ4v) is 4.85. The summed E-state index contributed by atoms with van der Waals surface area (Å²) in [7, 11) is 0. The number of benzene rings is 1. The first kappa shape index (κ1) is 22.7. The number of rotatable bonds is 9. The molecule has 2 aromatic rings. The monoisotopic (exact) mass is 426 g/mol. The van der Waals surface area contributed by atoms with E-state index in [0.717, 1.165) is 44.3 Å². The number of ketones is 1. The first-order chi connectivity index (χ1) is 14.4. The molecule has 1 atom stereocenters. The second kappa shape index (κ2) is 10.9. The Morgan fingerprint density at radius 1 is 1.10 bits per heavy atom. The van der Waals surface area contributed by atoms with E-state index in [0.29, 0.717) is 12.5 Å². The predicted molar refractivity (Wildman–Crippen MR) is 124 cm³/mol. The molecule has 1 aliphatic heterocycles. The first-order valence-corrected chi connectivity index (χ1v) is 12.0. The Hall–Kier alpha value is -1.98. The van der Waals surface area contributed by atoms with Crippen molar-refractivity contribution >= 4 is 23.0 Å². The Bertz CT molecular complexity index is 806. The van der Waals surface area contributed by atoms with Gasteiger partial charge < -0.3 is 5.32 Å². The van der Waals surface area contributed by atoms with Crippen LogP contribution in [0, 0.1) is 11.8 Å². The minimum Gasteiger partial charge on any atom is -0.354 e. The van der Waals surface area contributed by atoms with Crippen LogP contribution in [0.25, 0.3) is 0 Å². The molecule has 0 saturated carbocycles. The van der Waals surface area contributed by atoms with Crippen molar-refractivity contribution in [1.29, 1.82) is 0 Å². The number of piperidine rings is 1. The van der Waals surface area contributed by atoms with Gasteiger partial charge in [0.2, 0.25) is 5.91 Å². The Balaban J connectivity index is 1.44. The lowest BCUT2D eigenvalue weighted by Gasteiger charge is -2.34. The highest BCUT2D eigenvalue weighted by molar-refractivity contribution is 7.09. The van der Waals surface area contributed by atoms with Gasteiger partial charge in [0.25, 0.3) is 0 Å². The van der Waals surface area contributed by atoms with Crippen LogP contribution in [0.15, 0.2) is 41.8 Å². The second-order valence-electron chi connectivity index (χ2n) is 8.77. The lowest BCUT2D eigenvalue weighted by Crippen LogP contribution is -2.49. The third-order valence-corrected chi connectivity index (χ3v) is 6.90. The summed E-state index contributed by atoms with van der Waals surface area (Å²) < 4.78 is 0. The Morgan fingerprint density at radius 2 is 1.80 bits per heavy atom.